The largest absolute Gasteiger partial charge is 0.453 e. The van der Waals surface area contributed by atoms with Crippen LogP contribution in [0.25, 0.3) is 33.6 Å². The Morgan fingerprint density at radius 2 is 1.48 bits per heavy atom. The van der Waals surface area contributed by atoms with Crippen LogP contribution in [0.5, 0.6) is 0 Å². The predicted molar refractivity (Wildman–Crippen MR) is 213 cm³/mol. The van der Waals surface area contributed by atoms with Crippen LogP contribution < -0.4 is 16.2 Å². The highest BCUT2D eigenvalue weighted by atomic mass is 35.5. The number of likely N-dealkylation sites (tertiary alicyclic amines) is 1. The number of amides is 3. The third kappa shape index (κ3) is 8.55. The number of aromatic nitrogens is 6. The maximum atomic E-state index is 13.5. The number of ether oxygens (including phenoxy) is 1. The molecule has 2 saturated carbocycles. The van der Waals surface area contributed by atoms with Crippen LogP contribution in [0.15, 0.2) is 73.3 Å². The van der Waals surface area contributed by atoms with Crippen molar-refractivity contribution in [2.45, 2.75) is 70.4 Å². The van der Waals surface area contributed by atoms with E-state index in [0.29, 0.717) is 24.7 Å². The number of rotatable bonds is 11. The molecule has 5 atom stereocenters. The average Bonchev–Trinajstić information content (AvgIpc) is 4.08. The lowest BCUT2D eigenvalue weighted by Gasteiger charge is -2.30. The molecule has 3 amide bonds. The van der Waals surface area contributed by atoms with Crippen LogP contribution in [-0.2, 0) is 14.3 Å². The van der Waals surface area contributed by atoms with Crippen molar-refractivity contribution < 1.29 is 19.1 Å². The number of hydrogen-bond donors (Lipinski definition) is 5. The third-order valence-electron chi connectivity index (χ3n) is 11.2. The summed E-state index contributed by atoms with van der Waals surface area (Å²) in [5, 5.41) is 2.91. The zero-order valence-electron chi connectivity index (χ0n) is 31.7. The molecule has 2 aromatic carbocycles. The fourth-order valence-electron chi connectivity index (χ4n) is 8.28. The van der Waals surface area contributed by atoms with Crippen molar-refractivity contribution in [2.24, 2.45) is 17.8 Å². The number of nitrogens with one attached hydrogen (secondary N) is 5. The number of carbonyl (C=O) groups is 3. The van der Waals surface area contributed by atoms with E-state index in [1.807, 2.05) is 31.1 Å². The molecule has 4 heterocycles. The first-order valence-electron chi connectivity index (χ1n) is 19.1. The van der Waals surface area contributed by atoms with Crippen molar-refractivity contribution >= 4 is 35.8 Å². The van der Waals surface area contributed by atoms with E-state index >= 15 is 0 Å². The Hall–Kier alpha value is -5.76. The van der Waals surface area contributed by atoms with Crippen molar-refractivity contribution in [1.82, 2.24) is 45.5 Å². The number of aromatic amines is 2. The van der Waals surface area contributed by atoms with Crippen LogP contribution in [0, 0.1) is 17.8 Å². The SMILES string of the molecule is COC(=O)NC(C(=O)N1CCCC1c1ncc(-c2ccc(-c3ccc(-c4cnc(C5CC6CCC5C6)[nH]4)cc3)cc2)[nH]1)C(C)C.O=CNNc1nccnc1Cl. The summed E-state index contributed by atoms with van der Waals surface area (Å²) in [7, 11) is 1.30. The van der Waals surface area contributed by atoms with Gasteiger partial charge in [-0.25, -0.2) is 24.7 Å². The highest BCUT2D eigenvalue weighted by Crippen LogP contribution is 2.52. The number of hydrogen-bond acceptors (Lipinski definition) is 9. The van der Waals surface area contributed by atoms with Gasteiger partial charge in [0.1, 0.15) is 17.7 Å². The number of methoxy groups -OCH3 is 1. The molecule has 5 unspecified atom stereocenters. The van der Waals surface area contributed by atoms with E-state index in [-0.39, 0.29) is 23.0 Å². The molecule has 56 heavy (non-hydrogen) atoms. The van der Waals surface area contributed by atoms with E-state index in [1.165, 1.54) is 51.0 Å². The molecule has 5 aromatic rings. The molecule has 3 fully saturated rings. The molecule has 2 aliphatic carbocycles. The highest BCUT2D eigenvalue weighted by molar-refractivity contribution is 6.31. The number of carbonyl (C=O) groups excluding carboxylic acids is 3. The number of fused-ring (bicyclic) bond motifs is 2. The van der Waals surface area contributed by atoms with Gasteiger partial charge < -0.3 is 24.9 Å². The molecular weight excluding hydrogens is 732 g/mol. The lowest BCUT2D eigenvalue weighted by atomic mass is 9.88. The van der Waals surface area contributed by atoms with E-state index in [2.05, 4.69) is 89.6 Å². The van der Waals surface area contributed by atoms with Gasteiger partial charge in [0, 0.05) is 24.9 Å². The van der Waals surface area contributed by atoms with E-state index in [1.54, 1.807) is 0 Å². The molecule has 0 spiro atoms. The first-order chi connectivity index (χ1) is 27.2. The summed E-state index contributed by atoms with van der Waals surface area (Å²) in [6, 6.07) is 16.3. The summed E-state index contributed by atoms with van der Waals surface area (Å²) < 4.78 is 4.75. The second-order valence-corrected chi connectivity index (χ2v) is 15.3. The topological polar surface area (TPSA) is 183 Å². The number of nitrogens with zero attached hydrogens (tertiary/aromatic N) is 5. The Kier molecular flexibility index (Phi) is 11.9. The summed E-state index contributed by atoms with van der Waals surface area (Å²) in [4.78, 5) is 61.1. The second kappa shape index (κ2) is 17.4. The number of alkyl carbamates (subject to hydrolysis) is 1. The zero-order valence-corrected chi connectivity index (χ0v) is 32.4. The summed E-state index contributed by atoms with van der Waals surface area (Å²) in [5.74, 6) is 4.39. The Morgan fingerprint density at radius 3 is 2.05 bits per heavy atom. The van der Waals surface area contributed by atoms with Crippen molar-refractivity contribution in [3.05, 3.63) is 90.1 Å². The van der Waals surface area contributed by atoms with E-state index in [9.17, 15) is 14.4 Å². The molecule has 15 heteroatoms. The Labute approximate surface area is 330 Å². The van der Waals surface area contributed by atoms with Crippen molar-refractivity contribution in [2.75, 3.05) is 19.1 Å². The maximum absolute atomic E-state index is 13.5. The van der Waals surface area contributed by atoms with Crippen molar-refractivity contribution in [3.63, 3.8) is 0 Å². The summed E-state index contributed by atoms with van der Waals surface area (Å²) in [6.07, 6.45) is 13.7. The van der Waals surface area contributed by atoms with Gasteiger partial charge in [0.05, 0.1) is 36.9 Å². The van der Waals surface area contributed by atoms with Crippen LogP contribution in [0.1, 0.15) is 76.0 Å². The molecule has 3 aliphatic rings. The second-order valence-electron chi connectivity index (χ2n) is 14.9. The van der Waals surface area contributed by atoms with Gasteiger partial charge in [0.25, 0.3) is 0 Å². The monoisotopic (exact) mass is 778 g/mol. The summed E-state index contributed by atoms with van der Waals surface area (Å²) in [5.41, 5.74) is 11.1. The fraction of sp³-hybridized carbons (Fsp3) is 0.390. The van der Waals surface area contributed by atoms with Gasteiger partial charge in [-0.05, 0) is 72.1 Å². The fourth-order valence-corrected chi connectivity index (χ4v) is 8.44. The molecule has 3 aromatic heterocycles. The molecule has 2 bridgehead atoms. The average molecular weight is 779 g/mol. The molecular formula is C41H47ClN10O4. The Bertz CT molecular complexity index is 2120. The number of H-pyrrole nitrogens is 2. The van der Waals surface area contributed by atoms with Crippen molar-refractivity contribution in [3.8, 4) is 33.6 Å². The molecule has 5 N–H and O–H groups in total. The molecule has 8 rings (SSSR count). The minimum Gasteiger partial charge on any atom is -0.453 e. The van der Waals surface area contributed by atoms with Gasteiger partial charge in [-0.2, -0.15) is 0 Å². The van der Waals surface area contributed by atoms with Gasteiger partial charge in [-0.3, -0.25) is 20.4 Å². The minimum absolute atomic E-state index is 0.0743. The summed E-state index contributed by atoms with van der Waals surface area (Å²) in [6.45, 7) is 4.46. The van der Waals surface area contributed by atoms with Crippen LogP contribution >= 0.6 is 11.6 Å². The third-order valence-corrected chi connectivity index (χ3v) is 11.4. The summed E-state index contributed by atoms with van der Waals surface area (Å²) >= 11 is 5.57. The first kappa shape index (κ1) is 38.5. The molecule has 292 valence electrons. The number of hydrazine groups is 1. The van der Waals surface area contributed by atoms with Crippen LogP contribution in [-0.4, -0.2) is 72.9 Å². The van der Waals surface area contributed by atoms with Gasteiger partial charge in [-0.1, -0.05) is 80.4 Å². The zero-order chi connectivity index (χ0) is 39.2. The van der Waals surface area contributed by atoms with Crippen molar-refractivity contribution in [1.29, 1.82) is 0 Å². The van der Waals surface area contributed by atoms with E-state index in [0.717, 1.165) is 64.1 Å². The maximum Gasteiger partial charge on any atom is 0.407 e. The van der Waals surface area contributed by atoms with Gasteiger partial charge in [-0.15, -0.1) is 0 Å². The quantitative estimate of drug-likeness (QED) is 0.0679. The molecule has 14 nitrogen and oxygen atoms in total. The minimum atomic E-state index is -0.655. The Morgan fingerprint density at radius 1 is 0.857 bits per heavy atom. The Balaban J connectivity index is 0.000000378. The lowest BCUT2D eigenvalue weighted by molar-refractivity contribution is -0.135. The smallest absolute Gasteiger partial charge is 0.407 e. The van der Waals surface area contributed by atoms with E-state index < -0.39 is 12.1 Å². The van der Waals surface area contributed by atoms with Crippen LogP contribution in [0.4, 0.5) is 10.6 Å². The predicted octanol–water partition coefficient (Wildman–Crippen LogP) is 7.28. The molecule has 0 radical (unpaired) electrons. The number of imidazole rings is 2. The molecule has 1 aliphatic heterocycles. The van der Waals surface area contributed by atoms with Crippen LogP contribution in [0.2, 0.25) is 5.15 Å². The lowest BCUT2D eigenvalue weighted by Crippen LogP contribution is -2.51. The number of halogens is 1. The normalized spacial score (nSPS) is 20.3. The van der Waals surface area contributed by atoms with Gasteiger partial charge >= 0.3 is 6.09 Å². The first-order valence-corrected chi connectivity index (χ1v) is 19.5. The number of benzene rings is 2. The number of anilines is 1. The highest BCUT2D eigenvalue weighted by Gasteiger charge is 2.41. The van der Waals surface area contributed by atoms with Gasteiger partial charge in [0.2, 0.25) is 12.3 Å². The standard InChI is InChI=1S/C36H42N6O3.C5H5ClN4O/c1-21(2)32(41-36(44)45-3)35(43)42-16-4-5-31(42)34-38-20-30(40-34)26-14-10-24(11-15-26)23-8-12-25(13-9-23)29-19-37-33(39-29)28-18-22-6-7-27(28)17-22;6-4-5(10-9-3-11)8-2-1-7-4/h8-15,19-22,27-28,31-32H,4-7,16-18H2,1-3H3,(H,37,39)(H,38,40)(H,41,44);1-3H,(H,8,10)(H,9,11). The van der Waals surface area contributed by atoms with Crippen LogP contribution in [0.3, 0.4) is 0 Å². The van der Waals surface area contributed by atoms with E-state index in [4.69, 9.17) is 21.3 Å². The molecule has 1 saturated heterocycles. The van der Waals surface area contributed by atoms with Gasteiger partial charge in [0.15, 0.2) is 11.0 Å².